The number of methoxy groups -OCH3 is 3. The molecule has 1 aromatic heterocycles. The molecule has 5 rings (SSSR count). The Kier molecular flexibility index (Phi) is 7.42. The number of phenolic OH excluding ortho intramolecular Hbond substituents is 1. The highest BCUT2D eigenvalue weighted by Gasteiger charge is 2.36. The second kappa shape index (κ2) is 11.1. The molecule has 0 radical (unpaired) electrons. The van der Waals surface area contributed by atoms with Crippen molar-refractivity contribution in [3.8, 4) is 17.2 Å². The Morgan fingerprint density at radius 2 is 1.67 bits per heavy atom. The number of fused-ring (bicyclic) bond motifs is 3. The van der Waals surface area contributed by atoms with Crippen LogP contribution in [0.2, 0.25) is 0 Å². The molecule has 9 heteroatoms. The van der Waals surface area contributed by atoms with E-state index in [1.54, 1.807) is 12.1 Å². The van der Waals surface area contributed by atoms with Crippen molar-refractivity contribution in [3.05, 3.63) is 89.1 Å². The van der Waals surface area contributed by atoms with Gasteiger partial charge in [0, 0.05) is 23.0 Å². The molecule has 1 aliphatic heterocycles. The Bertz CT molecular complexity index is 1470. The largest absolute Gasteiger partial charge is 0.502 e. The first-order valence-electron chi connectivity index (χ1n) is 12.7. The van der Waals surface area contributed by atoms with Gasteiger partial charge in [-0.25, -0.2) is 4.79 Å². The monoisotopic (exact) mass is 529 g/mol. The van der Waals surface area contributed by atoms with Crippen LogP contribution in [0.15, 0.2) is 66.7 Å². The summed E-state index contributed by atoms with van der Waals surface area (Å²) in [6.45, 7) is 0. The van der Waals surface area contributed by atoms with Gasteiger partial charge in [0.15, 0.2) is 11.5 Å². The van der Waals surface area contributed by atoms with Crippen LogP contribution in [0.4, 0.5) is 0 Å². The second-order valence-electron chi connectivity index (χ2n) is 9.47. The van der Waals surface area contributed by atoms with Crippen molar-refractivity contribution in [1.82, 2.24) is 15.6 Å². The van der Waals surface area contributed by atoms with Gasteiger partial charge in [0.1, 0.15) is 6.04 Å². The average Bonchev–Trinajstić information content (AvgIpc) is 3.35. The molecule has 9 nitrogen and oxygen atoms in total. The maximum Gasteiger partial charge on any atom is 0.328 e. The van der Waals surface area contributed by atoms with Gasteiger partial charge in [-0.05, 0) is 41.3 Å². The van der Waals surface area contributed by atoms with Crippen LogP contribution in [0.5, 0.6) is 17.2 Å². The third-order valence-corrected chi connectivity index (χ3v) is 7.15. The maximum atomic E-state index is 13.7. The Hall–Kier alpha value is -4.50. The number of benzene rings is 3. The van der Waals surface area contributed by atoms with E-state index in [-0.39, 0.29) is 23.2 Å². The van der Waals surface area contributed by atoms with E-state index < -0.39 is 24.1 Å². The number of nitrogens with one attached hydrogen (secondary N) is 3. The van der Waals surface area contributed by atoms with Crippen molar-refractivity contribution < 1.29 is 28.9 Å². The summed E-state index contributed by atoms with van der Waals surface area (Å²) in [5.74, 6) is -0.430. The van der Waals surface area contributed by atoms with E-state index in [1.165, 1.54) is 21.3 Å². The molecular weight excluding hydrogens is 498 g/mol. The number of carbonyl (C=O) groups is 2. The number of aromatic nitrogens is 1. The number of aromatic amines is 1. The predicted molar refractivity (Wildman–Crippen MR) is 146 cm³/mol. The fourth-order valence-electron chi connectivity index (χ4n) is 5.20. The summed E-state index contributed by atoms with van der Waals surface area (Å²) >= 11 is 0. The van der Waals surface area contributed by atoms with E-state index in [9.17, 15) is 14.7 Å². The molecule has 0 unspecified atom stereocenters. The summed E-state index contributed by atoms with van der Waals surface area (Å²) in [6, 6.07) is 18.9. The van der Waals surface area contributed by atoms with Crippen LogP contribution < -0.4 is 20.1 Å². The van der Waals surface area contributed by atoms with Gasteiger partial charge in [0.05, 0.1) is 33.4 Å². The molecule has 39 heavy (non-hydrogen) atoms. The lowest BCUT2D eigenvalue weighted by Gasteiger charge is -2.32. The number of ether oxygens (including phenoxy) is 3. The highest BCUT2D eigenvalue weighted by molar-refractivity contribution is 5.91. The van der Waals surface area contributed by atoms with Gasteiger partial charge < -0.3 is 29.6 Å². The summed E-state index contributed by atoms with van der Waals surface area (Å²) in [7, 11) is 4.25. The predicted octanol–water partition coefficient (Wildman–Crippen LogP) is 3.39. The fourth-order valence-corrected chi connectivity index (χ4v) is 5.20. The zero-order chi connectivity index (χ0) is 27.5. The van der Waals surface area contributed by atoms with Crippen LogP contribution in [0.3, 0.4) is 0 Å². The van der Waals surface area contributed by atoms with Gasteiger partial charge in [0.25, 0.3) is 0 Å². The van der Waals surface area contributed by atoms with Crippen LogP contribution in [0.25, 0.3) is 10.9 Å². The van der Waals surface area contributed by atoms with Crippen molar-refractivity contribution in [2.75, 3.05) is 21.3 Å². The highest BCUT2D eigenvalue weighted by atomic mass is 16.5. The maximum absolute atomic E-state index is 13.7. The Morgan fingerprint density at radius 3 is 2.33 bits per heavy atom. The van der Waals surface area contributed by atoms with Gasteiger partial charge in [0.2, 0.25) is 11.7 Å². The van der Waals surface area contributed by atoms with Crippen LogP contribution >= 0.6 is 0 Å². The van der Waals surface area contributed by atoms with E-state index in [1.807, 2.05) is 54.6 Å². The van der Waals surface area contributed by atoms with E-state index >= 15 is 0 Å². The SMILES string of the molecule is COC(=O)[C@@H](Cc1ccccc1)NC(=O)[C@@H]1Cc2c([nH]c3ccccc23)[C@@H](c2cc(OC)c(O)c(OC)c2)N1. The van der Waals surface area contributed by atoms with Crippen molar-refractivity contribution >= 4 is 22.8 Å². The van der Waals surface area contributed by atoms with Crippen LogP contribution in [0, 0.1) is 0 Å². The van der Waals surface area contributed by atoms with Gasteiger partial charge >= 0.3 is 5.97 Å². The Morgan fingerprint density at radius 1 is 1.00 bits per heavy atom. The van der Waals surface area contributed by atoms with Gasteiger partial charge in [-0.2, -0.15) is 0 Å². The standard InChI is InChI=1S/C30H31N3O6/c1-37-24-14-18(15-25(38-2)28(24)34)26-27-20(19-11-7-8-12-21(19)31-27)16-22(32-26)29(35)33-23(30(36)39-3)13-17-9-5-4-6-10-17/h4-12,14-15,22-23,26,31-32,34H,13,16H2,1-3H3,(H,33,35)/t22-,23+,26+/m0/s1. The molecule has 3 aromatic carbocycles. The molecule has 0 spiro atoms. The van der Waals surface area contributed by atoms with E-state index in [2.05, 4.69) is 15.6 Å². The Labute approximate surface area is 226 Å². The van der Waals surface area contributed by atoms with Crippen LogP contribution in [-0.4, -0.2) is 55.4 Å². The van der Waals surface area contributed by atoms with Crippen molar-refractivity contribution in [1.29, 1.82) is 0 Å². The lowest BCUT2D eigenvalue weighted by Crippen LogP contribution is -2.54. The third-order valence-electron chi connectivity index (χ3n) is 7.15. The molecule has 0 saturated carbocycles. The first kappa shape index (κ1) is 26.1. The number of para-hydroxylation sites is 1. The van der Waals surface area contributed by atoms with Gasteiger partial charge in [-0.1, -0.05) is 48.5 Å². The number of aromatic hydroxyl groups is 1. The normalized spacial score (nSPS) is 17.2. The molecule has 202 valence electrons. The Balaban J connectivity index is 1.51. The molecule has 0 bridgehead atoms. The minimum Gasteiger partial charge on any atom is -0.502 e. The number of H-pyrrole nitrogens is 1. The van der Waals surface area contributed by atoms with Crippen LogP contribution in [0.1, 0.15) is 28.4 Å². The lowest BCUT2D eigenvalue weighted by atomic mass is 9.89. The third kappa shape index (κ3) is 5.13. The molecule has 0 fully saturated rings. The summed E-state index contributed by atoms with van der Waals surface area (Å²) in [4.78, 5) is 29.8. The van der Waals surface area contributed by atoms with Crippen molar-refractivity contribution in [2.24, 2.45) is 0 Å². The number of hydrogen-bond donors (Lipinski definition) is 4. The van der Waals surface area contributed by atoms with Gasteiger partial charge in [-0.15, -0.1) is 0 Å². The van der Waals surface area contributed by atoms with Gasteiger partial charge in [-0.3, -0.25) is 10.1 Å². The number of carbonyl (C=O) groups excluding carboxylic acids is 2. The number of rotatable bonds is 8. The minimum atomic E-state index is -0.844. The highest BCUT2D eigenvalue weighted by Crippen LogP contribution is 2.42. The number of phenols is 1. The summed E-state index contributed by atoms with van der Waals surface area (Å²) in [5.41, 5.74) is 4.50. The van der Waals surface area contributed by atoms with Crippen molar-refractivity contribution in [2.45, 2.75) is 31.0 Å². The molecule has 4 aromatic rings. The second-order valence-corrected chi connectivity index (χ2v) is 9.47. The molecule has 2 heterocycles. The lowest BCUT2D eigenvalue weighted by molar-refractivity contribution is -0.145. The summed E-state index contributed by atoms with van der Waals surface area (Å²) in [5, 5.41) is 17.8. The van der Waals surface area contributed by atoms with Crippen LogP contribution in [-0.2, 0) is 27.2 Å². The molecular formula is C30H31N3O6. The van der Waals surface area contributed by atoms with E-state index in [0.717, 1.165) is 33.3 Å². The van der Waals surface area contributed by atoms with E-state index in [4.69, 9.17) is 14.2 Å². The number of amides is 1. The zero-order valence-electron chi connectivity index (χ0n) is 22.0. The molecule has 0 aliphatic carbocycles. The minimum absolute atomic E-state index is 0.104. The molecule has 0 saturated heterocycles. The molecule has 4 N–H and O–H groups in total. The molecule has 1 amide bonds. The summed E-state index contributed by atoms with van der Waals surface area (Å²) < 4.78 is 15.8. The molecule has 3 atom stereocenters. The first-order valence-corrected chi connectivity index (χ1v) is 12.7. The molecule has 1 aliphatic rings. The fraction of sp³-hybridized carbons (Fsp3) is 0.267. The average molecular weight is 530 g/mol. The number of hydrogen-bond acceptors (Lipinski definition) is 7. The van der Waals surface area contributed by atoms with Crippen molar-refractivity contribution in [3.63, 3.8) is 0 Å². The summed E-state index contributed by atoms with van der Waals surface area (Å²) in [6.07, 6.45) is 0.716. The first-order chi connectivity index (χ1) is 18.9. The quantitative estimate of drug-likeness (QED) is 0.258. The topological polar surface area (TPSA) is 122 Å². The van der Waals surface area contributed by atoms with E-state index in [0.29, 0.717) is 12.8 Å². The smallest absolute Gasteiger partial charge is 0.328 e. The zero-order valence-corrected chi connectivity index (χ0v) is 22.0. The number of esters is 1.